The molecule has 1 aliphatic heterocycles. The maximum Gasteiger partial charge on any atom is 0.187 e. The quantitative estimate of drug-likeness (QED) is 0.740. The highest BCUT2D eigenvalue weighted by atomic mass is 32.2. The number of para-hydroxylation sites is 1. The molecule has 0 spiro atoms. The van der Waals surface area contributed by atoms with Crippen molar-refractivity contribution in [3.63, 3.8) is 0 Å². The van der Waals surface area contributed by atoms with Crippen LogP contribution < -0.4 is 10.2 Å². The molecule has 4 rings (SSSR count). The lowest BCUT2D eigenvalue weighted by Crippen LogP contribution is -2.40. The monoisotopic (exact) mass is 385 g/mol. The van der Waals surface area contributed by atoms with Gasteiger partial charge in [0.15, 0.2) is 15.0 Å². The number of nitrogens with one attached hydrogen (secondary N) is 1. The van der Waals surface area contributed by atoms with Crippen molar-refractivity contribution in [2.24, 2.45) is 0 Å². The van der Waals surface area contributed by atoms with Gasteiger partial charge in [0, 0.05) is 30.7 Å². The van der Waals surface area contributed by atoms with Crippen molar-refractivity contribution in [3.8, 4) is 10.4 Å². The smallest absolute Gasteiger partial charge is 0.187 e. The Hall–Kier alpha value is -2.38. The highest BCUT2D eigenvalue weighted by Crippen LogP contribution is 2.32. The Morgan fingerprint density at radius 3 is 2.35 bits per heavy atom. The van der Waals surface area contributed by atoms with E-state index in [1.54, 1.807) is 11.3 Å². The van der Waals surface area contributed by atoms with Crippen LogP contribution in [0.1, 0.15) is 0 Å². The number of hydrogen-bond donors (Lipinski definition) is 1. The summed E-state index contributed by atoms with van der Waals surface area (Å²) < 4.78 is 23.1. The van der Waals surface area contributed by atoms with Gasteiger partial charge in [0.25, 0.3) is 0 Å². The topological polar surface area (TPSA) is 62.3 Å². The summed E-state index contributed by atoms with van der Waals surface area (Å²) in [5, 5.41) is 4.16. The molecule has 2 aromatic carbocycles. The predicted molar refractivity (Wildman–Crippen MR) is 108 cm³/mol. The first-order chi connectivity index (χ1) is 12.6. The van der Waals surface area contributed by atoms with E-state index >= 15 is 0 Å². The van der Waals surface area contributed by atoms with Gasteiger partial charge in [-0.15, -0.1) is 0 Å². The molecule has 26 heavy (non-hydrogen) atoms. The van der Waals surface area contributed by atoms with Gasteiger partial charge in [-0.3, -0.25) is 0 Å². The fraction of sp³-hybridized carbons (Fsp3) is 0.211. The molecule has 0 amide bonds. The Balaban J connectivity index is 1.46. The molecule has 5 nitrogen and oxygen atoms in total. The van der Waals surface area contributed by atoms with E-state index in [2.05, 4.69) is 39.5 Å². The number of anilines is 3. The second kappa shape index (κ2) is 7.09. The molecular weight excluding hydrogens is 366 g/mol. The summed E-state index contributed by atoms with van der Waals surface area (Å²) in [5.41, 5.74) is 3.19. The Morgan fingerprint density at radius 2 is 1.65 bits per heavy atom. The van der Waals surface area contributed by atoms with Crippen molar-refractivity contribution in [2.45, 2.75) is 0 Å². The summed E-state index contributed by atoms with van der Waals surface area (Å²) in [6, 6.07) is 18.2. The highest BCUT2D eigenvalue weighted by molar-refractivity contribution is 7.91. The maximum atomic E-state index is 11.6. The molecule has 134 valence electrons. The third-order valence-corrected chi connectivity index (χ3v) is 6.96. The Morgan fingerprint density at radius 1 is 0.962 bits per heavy atom. The van der Waals surface area contributed by atoms with Crippen LogP contribution in [0.25, 0.3) is 10.4 Å². The summed E-state index contributed by atoms with van der Waals surface area (Å²) in [6.07, 6.45) is 1.87. The number of thiazole rings is 1. The van der Waals surface area contributed by atoms with Crippen LogP contribution in [-0.4, -0.2) is 38.0 Å². The molecule has 1 N–H and O–H groups in total. The molecule has 0 saturated carbocycles. The number of benzene rings is 2. The van der Waals surface area contributed by atoms with E-state index in [0.717, 1.165) is 26.9 Å². The van der Waals surface area contributed by atoms with Crippen LogP contribution in [0.15, 0.2) is 60.8 Å². The molecule has 1 aliphatic rings. The number of rotatable bonds is 4. The van der Waals surface area contributed by atoms with Gasteiger partial charge >= 0.3 is 0 Å². The van der Waals surface area contributed by atoms with E-state index in [-0.39, 0.29) is 11.5 Å². The summed E-state index contributed by atoms with van der Waals surface area (Å²) in [7, 11) is -2.85. The molecule has 3 aromatic rings. The average molecular weight is 386 g/mol. The van der Waals surface area contributed by atoms with Gasteiger partial charge in [-0.1, -0.05) is 41.7 Å². The van der Waals surface area contributed by atoms with Gasteiger partial charge in [0.2, 0.25) is 0 Å². The number of aromatic nitrogens is 1. The standard InChI is InChI=1S/C19H19N3O2S2/c23-26(24)12-10-22(11-13-26)17-8-6-15(7-9-17)18-14-20-19(25-18)21-16-4-2-1-3-5-16/h1-9,14H,10-13H2,(H,20,21). The van der Waals surface area contributed by atoms with Gasteiger partial charge in [-0.05, 0) is 29.8 Å². The van der Waals surface area contributed by atoms with Crippen LogP contribution in [0.4, 0.5) is 16.5 Å². The number of hydrogen-bond acceptors (Lipinski definition) is 6. The number of sulfone groups is 1. The van der Waals surface area contributed by atoms with E-state index < -0.39 is 9.84 Å². The second-order valence-corrected chi connectivity index (χ2v) is 9.54. The van der Waals surface area contributed by atoms with Crippen LogP contribution in [0, 0.1) is 0 Å². The summed E-state index contributed by atoms with van der Waals surface area (Å²) in [5.74, 6) is 0.468. The first kappa shape index (κ1) is 17.1. The lowest BCUT2D eigenvalue weighted by Gasteiger charge is -2.28. The van der Waals surface area contributed by atoms with Crippen molar-refractivity contribution in [3.05, 3.63) is 60.8 Å². The van der Waals surface area contributed by atoms with Crippen molar-refractivity contribution in [1.82, 2.24) is 4.98 Å². The minimum atomic E-state index is -2.85. The lowest BCUT2D eigenvalue weighted by atomic mass is 10.2. The zero-order valence-electron chi connectivity index (χ0n) is 14.1. The van der Waals surface area contributed by atoms with Gasteiger partial charge in [-0.25, -0.2) is 13.4 Å². The number of nitrogens with zero attached hydrogens (tertiary/aromatic N) is 2. The molecule has 2 heterocycles. The Kier molecular flexibility index (Phi) is 4.65. The Labute approximate surface area is 157 Å². The molecule has 1 fully saturated rings. The Bertz CT molecular complexity index is 969. The molecule has 7 heteroatoms. The maximum absolute atomic E-state index is 11.6. The minimum absolute atomic E-state index is 0.234. The van der Waals surface area contributed by atoms with Gasteiger partial charge in [0.05, 0.1) is 16.4 Å². The van der Waals surface area contributed by atoms with Crippen molar-refractivity contribution >= 4 is 37.7 Å². The summed E-state index contributed by atoms with van der Waals surface area (Å²) >= 11 is 1.61. The van der Waals surface area contributed by atoms with E-state index in [0.29, 0.717) is 13.1 Å². The molecular formula is C19H19N3O2S2. The fourth-order valence-electron chi connectivity index (χ4n) is 2.92. The normalized spacial score (nSPS) is 16.4. The second-order valence-electron chi connectivity index (χ2n) is 6.21. The van der Waals surface area contributed by atoms with Gasteiger partial charge < -0.3 is 10.2 Å². The van der Waals surface area contributed by atoms with Gasteiger partial charge in [-0.2, -0.15) is 0 Å². The lowest BCUT2D eigenvalue weighted by molar-refractivity contribution is 0.587. The van der Waals surface area contributed by atoms with Crippen LogP contribution >= 0.6 is 11.3 Å². The van der Waals surface area contributed by atoms with E-state index in [4.69, 9.17) is 0 Å². The van der Waals surface area contributed by atoms with Crippen LogP contribution in [0.5, 0.6) is 0 Å². The fourth-order valence-corrected chi connectivity index (χ4v) is 4.96. The van der Waals surface area contributed by atoms with E-state index in [1.165, 1.54) is 0 Å². The first-order valence-corrected chi connectivity index (χ1v) is 11.1. The van der Waals surface area contributed by atoms with Crippen molar-refractivity contribution in [1.29, 1.82) is 0 Å². The molecule has 1 aromatic heterocycles. The average Bonchev–Trinajstić information content (AvgIpc) is 3.11. The summed E-state index contributed by atoms with van der Waals surface area (Å²) in [4.78, 5) is 7.66. The van der Waals surface area contributed by atoms with E-state index in [1.807, 2.05) is 36.5 Å². The molecule has 1 saturated heterocycles. The molecule has 0 aliphatic carbocycles. The van der Waals surface area contributed by atoms with E-state index in [9.17, 15) is 8.42 Å². The largest absolute Gasteiger partial charge is 0.369 e. The summed E-state index contributed by atoms with van der Waals surface area (Å²) in [6.45, 7) is 1.13. The first-order valence-electron chi connectivity index (χ1n) is 8.43. The van der Waals surface area contributed by atoms with Gasteiger partial charge in [0.1, 0.15) is 0 Å². The highest BCUT2D eigenvalue weighted by Gasteiger charge is 2.21. The zero-order chi connectivity index (χ0) is 18.0. The SMILES string of the molecule is O=S1(=O)CCN(c2ccc(-c3cnc(Nc4ccccc4)s3)cc2)CC1. The molecule has 0 radical (unpaired) electrons. The molecule has 0 unspecified atom stereocenters. The molecule has 0 atom stereocenters. The third kappa shape index (κ3) is 3.89. The predicted octanol–water partition coefficient (Wildman–Crippen LogP) is 3.79. The van der Waals surface area contributed by atoms with Crippen molar-refractivity contribution in [2.75, 3.05) is 34.8 Å². The molecule has 0 bridgehead atoms. The van der Waals surface area contributed by atoms with Crippen molar-refractivity contribution < 1.29 is 8.42 Å². The zero-order valence-corrected chi connectivity index (χ0v) is 15.8. The van der Waals surface area contributed by atoms with Crippen LogP contribution in [0.3, 0.4) is 0 Å². The van der Waals surface area contributed by atoms with Crippen LogP contribution in [0.2, 0.25) is 0 Å². The van der Waals surface area contributed by atoms with Crippen LogP contribution in [-0.2, 0) is 9.84 Å². The third-order valence-electron chi connectivity index (χ3n) is 4.39. The minimum Gasteiger partial charge on any atom is -0.369 e.